The van der Waals surface area contributed by atoms with Crippen LogP contribution in [0.3, 0.4) is 0 Å². The van der Waals surface area contributed by atoms with Gasteiger partial charge in [-0.15, -0.1) is 0 Å². The van der Waals surface area contributed by atoms with Crippen LogP contribution in [0.5, 0.6) is 11.5 Å². The number of benzene rings is 2. The van der Waals surface area contributed by atoms with Crippen LogP contribution in [-0.4, -0.2) is 43.6 Å². The maximum Gasteiger partial charge on any atom is 0.246 e. The molecular weight excluding hydrogens is 402 g/mol. The molecule has 1 atom stereocenters. The molecule has 160 valence electrons. The van der Waals surface area contributed by atoms with Crippen molar-refractivity contribution in [2.75, 3.05) is 13.1 Å². The fourth-order valence-corrected chi connectivity index (χ4v) is 4.16. The number of likely N-dealkylation sites (tertiary alicyclic amines) is 1. The standard InChI is InChI=1S/C25H23N5O2/c1-2-23(31)29-13-7-9-19(16-29)30-25-22(15-26-17-27-25)24(28-30)18-8-6-12-21(14-18)32-20-10-4-3-5-11-20/h2-6,8,10-12,14-15,17,19H,1,7,9,13,16H2/t19-/m1/s1. The Hall–Kier alpha value is -4.00. The van der Waals surface area contributed by atoms with Crippen LogP contribution < -0.4 is 4.74 Å². The summed E-state index contributed by atoms with van der Waals surface area (Å²) in [5, 5.41) is 5.82. The first-order valence-corrected chi connectivity index (χ1v) is 10.7. The number of carbonyl (C=O) groups excluding carboxylic acids is 1. The third kappa shape index (κ3) is 3.85. The highest BCUT2D eigenvalue weighted by atomic mass is 16.5. The third-order valence-electron chi connectivity index (χ3n) is 5.69. The summed E-state index contributed by atoms with van der Waals surface area (Å²) < 4.78 is 7.95. The topological polar surface area (TPSA) is 73.1 Å². The number of piperidine rings is 1. The maximum absolute atomic E-state index is 12.2. The molecule has 5 rings (SSSR count). The Kier molecular flexibility index (Phi) is 5.37. The number of amides is 1. The molecule has 0 radical (unpaired) electrons. The fraction of sp³-hybridized carbons (Fsp3) is 0.200. The number of carbonyl (C=O) groups is 1. The summed E-state index contributed by atoms with van der Waals surface area (Å²) in [4.78, 5) is 22.7. The van der Waals surface area contributed by atoms with Gasteiger partial charge in [-0.05, 0) is 43.2 Å². The molecule has 1 fully saturated rings. The number of hydrogen-bond acceptors (Lipinski definition) is 5. The summed E-state index contributed by atoms with van der Waals surface area (Å²) in [5.74, 6) is 1.46. The first kappa shape index (κ1) is 19.9. The van der Waals surface area contributed by atoms with Gasteiger partial charge in [0, 0.05) is 24.8 Å². The minimum atomic E-state index is -0.0493. The molecular formula is C25H23N5O2. The molecule has 0 bridgehead atoms. The lowest BCUT2D eigenvalue weighted by Crippen LogP contribution is -2.40. The number of aromatic nitrogens is 4. The Labute approximate surface area is 186 Å². The SMILES string of the molecule is C=CC(=O)N1CCC[C@@H](n2nc(-c3cccc(Oc4ccccc4)c3)c3cncnc32)C1. The van der Waals surface area contributed by atoms with Crippen LogP contribution in [0.15, 0.2) is 79.8 Å². The molecule has 7 heteroatoms. The van der Waals surface area contributed by atoms with E-state index in [0.29, 0.717) is 6.54 Å². The molecule has 32 heavy (non-hydrogen) atoms. The third-order valence-corrected chi connectivity index (χ3v) is 5.69. The van der Waals surface area contributed by atoms with E-state index in [0.717, 1.165) is 53.2 Å². The van der Waals surface area contributed by atoms with Crippen LogP contribution in [0.2, 0.25) is 0 Å². The number of hydrogen-bond donors (Lipinski definition) is 0. The first-order valence-electron chi connectivity index (χ1n) is 10.7. The van der Waals surface area contributed by atoms with Gasteiger partial charge in [0.25, 0.3) is 0 Å². The first-order chi connectivity index (χ1) is 15.7. The quantitative estimate of drug-likeness (QED) is 0.436. The zero-order chi connectivity index (χ0) is 21.9. The Bertz CT molecular complexity index is 1270. The number of nitrogens with zero attached hydrogens (tertiary/aromatic N) is 5. The summed E-state index contributed by atoms with van der Waals surface area (Å²) in [5.41, 5.74) is 2.49. The second-order valence-electron chi connectivity index (χ2n) is 7.78. The van der Waals surface area contributed by atoms with Crippen LogP contribution in [0.4, 0.5) is 0 Å². The Morgan fingerprint density at radius 1 is 1.12 bits per heavy atom. The monoisotopic (exact) mass is 425 g/mol. The molecule has 1 saturated heterocycles. The van der Waals surface area contributed by atoms with Crippen molar-refractivity contribution < 1.29 is 9.53 Å². The number of fused-ring (bicyclic) bond motifs is 1. The number of rotatable bonds is 5. The lowest BCUT2D eigenvalue weighted by atomic mass is 10.1. The van der Waals surface area contributed by atoms with E-state index < -0.39 is 0 Å². The van der Waals surface area contributed by atoms with Crippen molar-refractivity contribution in [3.8, 4) is 22.8 Å². The van der Waals surface area contributed by atoms with Gasteiger partial charge in [0.1, 0.15) is 23.5 Å². The molecule has 1 amide bonds. The lowest BCUT2D eigenvalue weighted by Gasteiger charge is -2.32. The summed E-state index contributed by atoms with van der Waals surface area (Å²) in [6.45, 7) is 4.94. The van der Waals surface area contributed by atoms with Crippen LogP contribution in [0.1, 0.15) is 18.9 Å². The van der Waals surface area contributed by atoms with Gasteiger partial charge in [0.05, 0.1) is 11.4 Å². The van der Waals surface area contributed by atoms with Gasteiger partial charge in [-0.2, -0.15) is 5.10 Å². The van der Waals surface area contributed by atoms with E-state index in [2.05, 4.69) is 16.5 Å². The van der Waals surface area contributed by atoms with Gasteiger partial charge in [-0.3, -0.25) is 4.79 Å². The maximum atomic E-state index is 12.2. The van der Waals surface area contributed by atoms with Gasteiger partial charge < -0.3 is 9.64 Å². The molecule has 0 spiro atoms. The Morgan fingerprint density at radius 2 is 1.97 bits per heavy atom. The van der Waals surface area contributed by atoms with Gasteiger partial charge in [-0.25, -0.2) is 14.6 Å². The molecule has 0 saturated carbocycles. The molecule has 0 N–H and O–H groups in total. The molecule has 2 aromatic carbocycles. The van der Waals surface area contributed by atoms with E-state index in [1.807, 2.05) is 64.2 Å². The second kappa shape index (κ2) is 8.63. The zero-order valence-corrected chi connectivity index (χ0v) is 17.6. The lowest BCUT2D eigenvalue weighted by molar-refractivity contribution is -0.127. The van der Waals surface area contributed by atoms with E-state index in [1.165, 1.54) is 12.4 Å². The van der Waals surface area contributed by atoms with Gasteiger partial charge >= 0.3 is 0 Å². The van der Waals surface area contributed by atoms with Crippen molar-refractivity contribution in [1.82, 2.24) is 24.6 Å². The molecule has 4 aromatic rings. The summed E-state index contributed by atoms with van der Waals surface area (Å²) in [6.07, 6.45) is 6.54. The van der Waals surface area contributed by atoms with Gasteiger partial charge in [0.15, 0.2) is 5.65 Å². The highest BCUT2D eigenvalue weighted by Crippen LogP contribution is 2.33. The molecule has 0 unspecified atom stereocenters. The highest BCUT2D eigenvalue weighted by Gasteiger charge is 2.27. The van der Waals surface area contributed by atoms with Crippen molar-refractivity contribution in [3.05, 3.63) is 79.8 Å². The van der Waals surface area contributed by atoms with Crippen LogP contribution in [-0.2, 0) is 4.79 Å². The average molecular weight is 425 g/mol. The molecule has 1 aliphatic rings. The van der Waals surface area contributed by atoms with Gasteiger partial charge in [0.2, 0.25) is 5.91 Å². The van der Waals surface area contributed by atoms with E-state index >= 15 is 0 Å². The van der Waals surface area contributed by atoms with E-state index in [9.17, 15) is 4.79 Å². The second-order valence-corrected chi connectivity index (χ2v) is 7.78. The van der Waals surface area contributed by atoms with Crippen LogP contribution in [0.25, 0.3) is 22.3 Å². The van der Waals surface area contributed by atoms with Crippen molar-refractivity contribution in [2.24, 2.45) is 0 Å². The minimum Gasteiger partial charge on any atom is -0.457 e. The minimum absolute atomic E-state index is 0.0440. The predicted octanol–water partition coefficient (Wildman–Crippen LogP) is 4.64. The van der Waals surface area contributed by atoms with Gasteiger partial charge in [-0.1, -0.05) is 36.9 Å². The summed E-state index contributed by atoms with van der Waals surface area (Å²) >= 11 is 0. The molecule has 2 aromatic heterocycles. The summed E-state index contributed by atoms with van der Waals surface area (Å²) in [6, 6.07) is 17.6. The highest BCUT2D eigenvalue weighted by molar-refractivity contribution is 5.91. The largest absolute Gasteiger partial charge is 0.457 e. The van der Waals surface area contributed by atoms with E-state index in [-0.39, 0.29) is 11.9 Å². The number of para-hydroxylation sites is 1. The molecule has 7 nitrogen and oxygen atoms in total. The van der Waals surface area contributed by atoms with Crippen LogP contribution >= 0.6 is 0 Å². The normalized spacial score (nSPS) is 16.1. The van der Waals surface area contributed by atoms with Crippen molar-refractivity contribution >= 4 is 16.9 Å². The average Bonchev–Trinajstić information content (AvgIpc) is 3.24. The molecule has 0 aliphatic carbocycles. The summed E-state index contributed by atoms with van der Waals surface area (Å²) in [7, 11) is 0. The van der Waals surface area contributed by atoms with Crippen molar-refractivity contribution in [3.63, 3.8) is 0 Å². The van der Waals surface area contributed by atoms with Crippen LogP contribution in [0, 0.1) is 0 Å². The predicted molar refractivity (Wildman–Crippen MR) is 122 cm³/mol. The van der Waals surface area contributed by atoms with Crippen molar-refractivity contribution in [1.29, 1.82) is 0 Å². The fourth-order valence-electron chi connectivity index (χ4n) is 4.16. The Morgan fingerprint density at radius 3 is 2.81 bits per heavy atom. The van der Waals surface area contributed by atoms with E-state index in [4.69, 9.17) is 9.84 Å². The zero-order valence-electron chi connectivity index (χ0n) is 17.6. The Balaban J connectivity index is 1.51. The molecule has 1 aliphatic heterocycles. The van der Waals surface area contributed by atoms with Crippen molar-refractivity contribution in [2.45, 2.75) is 18.9 Å². The van der Waals surface area contributed by atoms with E-state index in [1.54, 1.807) is 6.20 Å². The molecule has 3 heterocycles. The number of ether oxygens (including phenoxy) is 1. The smallest absolute Gasteiger partial charge is 0.246 e.